The average Bonchev–Trinajstić information content (AvgIpc) is 2.17. The van der Waals surface area contributed by atoms with Crippen LogP contribution in [0.25, 0.3) is 0 Å². The molecule has 6 nitrogen and oxygen atoms in total. The number of hydrogen-bond donors (Lipinski definition) is 3. The Kier molecular flexibility index (Phi) is 4.06. The minimum Gasteiger partial charge on any atom is -0.480 e. The standard InChI is InChI=1S/C8H16N2O4S/c1-6(8(11)12)15(13,14)10-7-2-4-9-5-3-7/h6-7,9-10H,2-5H2,1H3,(H,11,12). The lowest BCUT2D eigenvalue weighted by molar-refractivity contribution is -0.136. The van der Waals surface area contributed by atoms with Crippen LogP contribution in [-0.4, -0.2) is 43.9 Å². The van der Waals surface area contributed by atoms with Crippen molar-refractivity contribution in [2.24, 2.45) is 0 Å². The monoisotopic (exact) mass is 236 g/mol. The third-order valence-corrected chi connectivity index (χ3v) is 4.28. The molecule has 15 heavy (non-hydrogen) atoms. The number of aliphatic carboxylic acids is 1. The summed E-state index contributed by atoms with van der Waals surface area (Å²) in [5.74, 6) is -1.32. The molecule has 1 rings (SSSR count). The minimum atomic E-state index is -3.74. The largest absolute Gasteiger partial charge is 0.480 e. The molecular weight excluding hydrogens is 220 g/mol. The molecule has 1 atom stereocenters. The highest BCUT2D eigenvalue weighted by Gasteiger charge is 2.30. The van der Waals surface area contributed by atoms with Gasteiger partial charge in [-0.25, -0.2) is 13.1 Å². The van der Waals surface area contributed by atoms with E-state index in [4.69, 9.17) is 5.11 Å². The zero-order valence-corrected chi connectivity index (χ0v) is 9.38. The highest BCUT2D eigenvalue weighted by Crippen LogP contribution is 2.07. The van der Waals surface area contributed by atoms with Crippen LogP contribution in [0.15, 0.2) is 0 Å². The molecule has 88 valence electrons. The van der Waals surface area contributed by atoms with Crippen molar-refractivity contribution in [3.63, 3.8) is 0 Å². The van der Waals surface area contributed by atoms with Crippen LogP contribution in [0.3, 0.4) is 0 Å². The fourth-order valence-electron chi connectivity index (χ4n) is 1.41. The third kappa shape index (κ3) is 3.44. The minimum absolute atomic E-state index is 0.141. The van der Waals surface area contributed by atoms with Gasteiger partial charge in [0.15, 0.2) is 5.25 Å². The predicted octanol–water partition coefficient (Wildman–Crippen LogP) is -0.869. The molecule has 1 aliphatic heterocycles. The Hall–Kier alpha value is -0.660. The molecular formula is C8H16N2O4S. The fourth-order valence-corrected chi connectivity index (χ4v) is 2.58. The van der Waals surface area contributed by atoms with Crippen molar-refractivity contribution < 1.29 is 18.3 Å². The van der Waals surface area contributed by atoms with Gasteiger partial charge in [-0.1, -0.05) is 0 Å². The maximum absolute atomic E-state index is 11.5. The Labute approximate surface area is 89.1 Å². The van der Waals surface area contributed by atoms with E-state index in [1.165, 1.54) is 6.92 Å². The zero-order valence-electron chi connectivity index (χ0n) is 8.56. The Morgan fingerprint density at radius 2 is 2.00 bits per heavy atom. The molecule has 7 heteroatoms. The van der Waals surface area contributed by atoms with E-state index >= 15 is 0 Å². The SMILES string of the molecule is CC(C(=O)O)S(=O)(=O)NC1CCNCC1. The van der Waals surface area contributed by atoms with Gasteiger partial charge in [-0.05, 0) is 32.9 Å². The molecule has 1 aliphatic rings. The smallest absolute Gasteiger partial charge is 0.323 e. The average molecular weight is 236 g/mol. The summed E-state index contributed by atoms with van der Waals surface area (Å²) < 4.78 is 25.5. The molecule has 0 aliphatic carbocycles. The molecule has 1 heterocycles. The topological polar surface area (TPSA) is 95.5 Å². The van der Waals surface area contributed by atoms with Crippen molar-refractivity contribution in [3.05, 3.63) is 0 Å². The summed E-state index contributed by atoms with van der Waals surface area (Å²) in [6.45, 7) is 2.69. The van der Waals surface area contributed by atoms with Crippen LogP contribution in [0, 0.1) is 0 Å². The summed E-state index contributed by atoms with van der Waals surface area (Å²) in [7, 11) is -3.74. The predicted molar refractivity (Wildman–Crippen MR) is 55.0 cm³/mol. The van der Waals surface area contributed by atoms with E-state index < -0.39 is 21.2 Å². The third-order valence-electron chi connectivity index (χ3n) is 2.48. The van der Waals surface area contributed by atoms with Crippen molar-refractivity contribution in [1.82, 2.24) is 10.0 Å². The second-order valence-electron chi connectivity index (χ2n) is 3.67. The number of carbonyl (C=O) groups is 1. The van der Waals surface area contributed by atoms with E-state index in [1.807, 2.05) is 0 Å². The normalized spacial score (nSPS) is 21.1. The molecule has 0 radical (unpaired) electrons. The first-order valence-electron chi connectivity index (χ1n) is 4.88. The Balaban J connectivity index is 2.58. The van der Waals surface area contributed by atoms with Crippen molar-refractivity contribution in [3.8, 4) is 0 Å². The van der Waals surface area contributed by atoms with Gasteiger partial charge in [0.05, 0.1) is 0 Å². The van der Waals surface area contributed by atoms with Crippen molar-refractivity contribution in [2.45, 2.75) is 31.1 Å². The zero-order chi connectivity index (χ0) is 11.5. The maximum atomic E-state index is 11.5. The quantitative estimate of drug-likeness (QED) is 0.590. The Morgan fingerprint density at radius 3 is 2.47 bits per heavy atom. The molecule has 1 fully saturated rings. The first-order valence-corrected chi connectivity index (χ1v) is 6.43. The lowest BCUT2D eigenvalue weighted by Gasteiger charge is -2.24. The highest BCUT2D eigenvalue weighted by atomic mass is 32.2. The number of carboxylic acids is 1. The Bertz CT molecular complexity index is 322. The second kappa shape index (κ2) is 4.91. The van der Waals surface area contributed by atoms with Gasteiger partial charge in [0.1, 0.15) is 0 Å². The summed E-state index contributed by atoms with van der Waals surface area (Å²) in [5, 5.41) is 10.3. The van der Waals surface area contributed by atoms with Crippen LogP contribution in [-0.2, 0) is 14.8 Å². The molecule has 0 aromatic heterocycles. The molecule has 0 bridgehead atoms. The molecule has 1 unspecified atom stereocenters. The van der Waals surface area contributed by atoms with Crippen LogP contribution in [0.5, 0.6) is 0 Å². The van der Waals surface area contributed by atoms with Gasteiger partial charge < -0.3 is 10.4 Å². The van der Waals surface area contributed by atoms with E-state index in [9.17, 15) is 13.2 Å². The van der Waals surface area contributed by atoms with E-state index in [0.29, 0.717) is 12.8 Å². The maximum Gasteiger partial charge on any atom is 0.323 e. The number of hydrogen-bond acceptors (Lipinski definition) is 4. The van der Waals surface area contributed by atoms with E-state index in [1.54, 1.807) is 0 Å². The van der Waals surface area contributed by atoms with Crippen molar-refractivity contribution in [2.75, 3.05) is 13.1 Å². The molecule has 3 N–H and O–H groups in total. The number of rotatable bonds is 4. The van der Waals surface area contributed by atoms with Gasteiger partial charge in [-0.2, -0.15) is 0 Å². The number of carboxylic acid groups (broad SMARTS) is 1. The summed E-state index contributed by atoms with van der Waals surface area (Å²) in [6, 6.07) is -0.141. The summed E-state index contributed by atoms with van der Waals surface area (Å²) in [5.41, 5.74) is 0. The van der Waals surface area contributed by atoms with Gasteiger partial charge in [0, 0.05) is 6.04 Å². The van der Waals surface area contributed by atoms with E-state index in [0.717, 1.165) is 13.1 Å². The Morgan fingerprint density at radius 1 is 1.47 bits per heavy atom. The van der Waals surface area contributed by atoms with Gasteiger partial charge in [0.25, 0.3) is 0 Å². The van der Waals surface area contributed by atoms with Crippen LogP contribution in [0.4, 0.5) is 0 Å². The molecule has 0 saturated carbocycles. The first kappa shape index (κ1) is 12.4. The molecule has 0 aromatic carbocycles. The summed E-state index contributed by atoms with van der Waals surface area (Å²) in [4.78, 5) is 10.6. The van der Waals surface area contributed by atoms with Crippen LogP contribution < -0.4 is 10.0 Å². The second-order valence-corrected chi connectivity index (χ2v) is 5.70. The van der Waals surface area contributed by atoms with Gasteiger partial charge >= 0.3 is 5.97 Å². The van der Waals surface area contributed by atoms with E-state index in [2.05, 4.69) is 10.0 Å². The lowest BCUT2D eigenvalue weighted by Crippen LogP contribution is -2.47. The summed E-state index contributed by atoms with van der Waals surface area (Å²) >= 11 is 0. The lowest BCUT2D eigenvalue weighted by atomic mass is 10.1. The molecule has 0 amide bonds. The van der Waals surface area contributed by atoms with Gasteiger partial charge in [-0.3, -0.25) is 4.79 Å². The van der Waals surface area contributed by atoms with E-state index in [-0.39, 0.29) is 6.04 Å². The van der Waals surface area contributed by atoms with Gasteiger partial charge in [-0.15, -0.1) is 0 Å². The van der Waals surface area contributed by atoms with Crippen molar-refractivity contribution in [1.29, 1.82) is 0 Å². The fraction of sp³-hybridized carbons (Fsp3) is 0.875. The molecule has 0 aromatic rings. The van der Waals surface area contributed by atoms with Gasteiger partial charge in [0.2, 0.25) is 10.0 Å². The number of sulfonamides is 1. The van der Waals surface area contributed by atoms with Crippen molar-refractivity contribution >= 4 is 16.0 Å². The molecule has 0 spiro atoms. The van der Waals surface area contributed by atoms with Crippen LogP contribution in [0.2, 0.25) is 0 Å². The van der Waals surface area contributed by atoms with Crippen LogP contribution in [0.1, 0.15) is 19.8 Å². The summed E-state index contributed by atoms with van der Waals surface area (Å²) in [6.07, 6.45) is 1.40. The number of nitrogens with one attached hydrogen (secondary N) is 2. The highest BCUT2D eigenvalue weighted by molar-refractivity contribution is 7.90. The first-order chi connectivity index (χ1) is 6.93. The molecule has 1 saturated heterocycles. The number of piperidine rings is 1. The van der Waals surface area contributed by atoms with Crippen LogP contribution >= 0.6 is 0 Å².